The molecule has 1 atom stereocenters. The van der Waals surface area contributed by atoms with Crippen LogP contribution in [0.4, 0.5) is 0 Å². The highest BCUT2D eigenvalue weighted by molar-refractivity contribution is 5.98. The molecule has 1 saturated heterocycles. The minimum Gasteiger partial charge on any atom is -0.494 e. The first-order chi connectivity index (χ1) is 14.8. The topological polar surface area (TPSA) is 50.4 Å². The number of fused-ring (bicyclic) bond motifs is 1. The van der Waals surface area contributed by atoms with Crippen molar-refractivity contribution in [3.63, 3.8) is 0 Å². The highest BCUT2D eigenvalue weighted by Crippen LogP contribution is 2.24. The van der Waals surface area contributed by atoms with Crippen LogP contribution in [0.3, 0.4) is 0 Å². The fourth-order valence-electron chi connectivity index (χ4n) is 4.88. The smallest absolute Gasteiger partial charge is 0.251 e. The van der Waals surface area contributed by atoms with E-state index in [0.717, 1.165) is 60.4 Å². The van der Waals surface area contributed by atoms with Crippen LogP contribution in [0.5, 0.6) is 5.75 Å². The Balaban J connectivity index is 1.29. The molecule has 2 aliphatic rings. The van der Waals surface area contributed by atoms with E-state index >= 15 is 0 Å². The molecule has 0 spiro atoms. The monoisotopic (exact) mass is 408 g/mol. The Morgan fingerprint density at radius 1 is 0.967 bits per heavy atom. The second kappa shape index (κ2) is 10.8. The molecule has 1 saturated carbocycles. The molecule has 1 aliphatic heterocycles. The quantitative estimate of drug-likeness (QED) is 0.473. The molecule has 0 aromatic heterocycles. The van der Waals surface area contributed by atoms with Crippen molar-refractivity contribution < 1.29 is 9.53 Å². The summed E-state index contributed by atoms with van der Waals surface area (Å²) in [6.45, 7) is 3.10. The van der Waals surface area contributed by atoms with E-state index in [-0.39, 0.29) is 5.91 Å². The Kier molecular flexibility index (Phi) is 7.63. The van der Waals surface area contributed by atoms with E-state index in [1.165, 1.54) is 51.5 Å². The molecule has 4 rings (SSSR count). The fourth-order valence-corrected chi connectivity index (χ4v) is 4.88. The lowest BCUT2D eigenvalue weighted by molar-refractivity contribution is 0.0933. The molecule has 1 unspecified atom stereocenters. The highest BCUT2D eigenvalue weighted by atomic mass is 16.5. The van der Waals surface area contributed by atoms with Crippen molar-refractivity contribution in [2.75, 3.05) is 19.7 Å². The standard InChI is InChI=1S/C26H36N2O2/c29-26(28-24-9-3-1-2-4-10-24)23-12-11-22-18-25(14-13-21(22)17-23)30-16-6-8-20-7-5-15-27-19-20/h11-14,17-18,20,24,27H,1-10,15-16,19H2,(H,28,29). The maximum absolute atomic E-state index is 12.7. The average Bonchev–Trinajstić information content (AvgIpc) is 3.05. The summed E-state index contributed by atoms with van der Waals surface area (Å²) in [7, 11) is 0. The number of amides is 1. The maximum Gasteiger partial charge on any atom is 0.251 e. The predicted molar refractivity (Wildman–Crippen MR) is 123 cm³/mol. The molecule has 0 radical (unpaired) electrons. The van der Waals surface area contributed by atoms with E-state index in [1.54, 1.807) is 0 Å². The van der Waals surface area contributed by atoms with Gasteiger partial charge in [0.25, 0.3) is 5.91 Å². The summed E-state index contributed by atoms with van der Waals surface area (Å²) >= 11 is 0. The molecule has 162 valence electrons. The van der Waals surface area contributed by atoms with Crippen LogP contribution < -0.4 is 15.4 Å². The van der Waals surface area contributed by atoms with E-state index in [2.05, 4.69) is 22.8 Å². The lowest BCUT2D eigenvalue weighted by Gasteiger charge is -2.22. The van der Waals surface area contributed by atoms with E-state index < -0.39 is 0 Å². The van der Waals surface area contributed by atoms with Gasteiger partial charge in [0, 0.05) is 11.6 Å². The zero-order valence-electron chi connectivity index (χ0n) is 18.1. The van der Waals surface area contributed by atoms with Crippen LogP contribution in [0, 0.1) is 5.92 Å². The largest absolute Gasteiger partial charge is 0.494 e. The molecule has 1 heterocycles. The van der Waals surface area contributed by atoms with Crippen LogP contribution in [0.1, 0.15) is 74.6 Å². The Labute approximate surface area is 180 Å². The molecule has 1 aliphatic carbocycles. The van der Waals surface area contributed by atoms with Crippen LogP contribution in [0.25, 0.3) is 10.8 Å². The van der Waals surface area contributed by atoms with Gasteiger partial charge in [0.2, 0.25) is 0 Å². The number of hydrogen-bond acceptors (Lipinski definition) is 3. The van der Waals surface area contributed by atoms with Gasteiger partial charge in [0.05, 0.1) is 6.61 Å². The number of piperidine rings is 1. The summed E-state index contributed by atoms with van der Waals surface area (Å²) in [4.78, 5) is 12.7. The Morgan fingerprint density at radius 3 is 2.57 bits per heavy atom. The van der Waals surface area contributed by atoms with Crippen LogP contribution >= 0.6 is 0 Å². The minimum absolute atomic E-state index is 0.0568. The van der Waals surface area contributed by atoms with Crippen molar-refractivity contribution in [3.05, 3.63) is 42.0 Å². The first kappa shape index (κ1) is 21.2. The number of carbonyl (C=O) groups is 1. The molecule has 2 N–H and O–H groups in total. The van der Waals surface area contributed by atoms with Gasteiger partial charge in [-0.05, 0) is 92.6 Å². The van der Waals surface area contributed by atoms with Crippen molar-refractivity contribution in [1.29, 1.82) is 0 Å². The molecule has 1 amide bonds. The van der Waals surface area contributed by atoms with Crippen molar-refractivity contribution in [3.8, 4) is 5.75 Å². The van der Waals surface area contributed by atoms with Crippen molar-refractivity contribution >= 4 is 16.7 Å². The van der Waals surface area contributed by atoms with Crippen LogP contribution in [0.2, 0.25) is 0 Å². The molecule has 0 bridgehead atoms. The van der Waals surface area contributed by atoms with E-state index in [9.17, 15) is 4.79 Å². The SMILES string of the molecule is O=C(NC1CCCCCC1)c1ccc2cc(OCCCC3CCCNC3)ccc2c1. The molecule has 4 heteroatoms. The Bertz CT molecular complexity index is 821. The predicted octanol–water partition coefficient (Wildman–Crippen LogP) is 5.45. The summed E-state index contributed by atoms with van der Waals surface area (Å²) < 4.78 is 6.00. The average molecular weight is 409 g/mol. The third kappa shape index (κ3) is 5.98. The van der Waals surface area contributed by atoms with Gasteiger partial charge < -0.3 is 15.4 Å². The number of rotatable bonds is 7. The Morgan fingerprint density at radius 2 is 1.77 bits per heavy atom. The fraction of sp³-hybridized carbons (Fsp3) is 0.577. The lowest BCUT2D eigenvalue weighted by Crippen LogP contribution is -2.34. The lowest BCUT2D eigenvalue weighted by atomic mass is 9.95. The van der Waals surface area contributed by atoms with Crippen molar-refractivity contribution in [2.45, 2.75) is 70.3 Å². The summed E-state index contributed by atoms with van der Waals surface area (Å²) in [5, 5.41) is 8.93. The van der Waals surface area contributed by atoms with Crippen LogP contribution in [0.15, 0.2) is 36.4 Å². The molecule has 2 aromatic rings. The minimum atomic E-state index is 0.0568. The van der Waals surface area contributed by atoms with Gasteiger partial charge in [-0.3, -0.25) is 4.79 Å². The summed E-state index contributed by atoms with van der Waals surface area (Å²) in [6, 6.07) is 12.5. The van der Waals surface area contributed by atoms with Gasteiger partial charge in [-0.15, -0.1) is 0 Å². The van der Waals surface area contributed by atoms with E-state index in [1.807, 2.05) is 24.3 Å². The molecule has 2 fully saturated rings. The first-order valence-corrected chi connectivity index (χ1v) is 12.0. The number of nitrogens with one attached hydrogen (secondary N) is 2. The van der Waals surface area contributed by atoms with E-state index in [0.29, 0.717) is 6.04 Å². The number of carbonyl (C=O) groups excluding carboxylic acids is 1. The third-order valence-electron chi connectivity index (χ3n) is 6.69. The number of benzene rings is 2. The van der Waals surface area contributed by atoms with Gasteiger partial charge in [-0.25, -0.2) is 0 Å². The third-order valence-corrected chi connectivity index (χ3v) is 6.69. The summed E-state index contributed by atoms with van der Waals surface area (Å²) in [6.07, 6.45) is 12.2. The second-order valence-corrected chi connectivity index (χ2v) is 9.09. The van der Waals surface area contributed by atoms with Gasteiger partial charge in [-0.2, -0.15) is 0 Å². The number of ether oxygens (including phenoxy) is 1. The van der Waals surface area contributed by atoms with Crippen molar-refractivity contribution in [1.82, 2.24) is 10.6 Å². The van der Waals surface area contributed by atoms with Gasteiger partial charge in [0.1, 0.15) is 5.75 Å². The number of hydrogen-bond donors (Lipinski definition) is 2. The second-order valence-electron chi connectivity index (χ2n) is 9.09. The zero-order chi connectivity index (χ0) is 20.6. The van der Waals surface area contributed by atoms with E-state index in [4.69, 9.17) is 4.74 Å². The Hall–Kier alpha value is -2.07. The maximum atomic E-state index is 12.7. The first-order valence-electron chi connectivity index (χ1n) is 12.0. The summed E-state index contributed by atoms with van der Waals surface area (Å²) in [5.41, 5.74) is 0.751. The van der Waals surface area contributed by atoms with Crippen molar-refractivity contribution in [2.24, 2.45) is 5.92 Å². The summed E-state index contributed by atoms with van der Waals surface area (Å²) in [5.74, 6) is 1.78. The molecule has 4 nitrogen and oxygen atoms in total. The highest BCUT2D eigenvalue weighted by Gasteiger charge is 2.16. The van der Waals surface area contributed by atoms with Crippen LogP contribution in [-0.2, 0) is 0 Å². The molecule has 30 heavy (non-hydrogen) atoms. The van der Waals surface area contributed by atoms with Gasteiger partial charge >= 0.3 is 0 Å². The van der Waals surface area contributed by atoms with Crippen LogP contribution in [-0.4, -0.2) is 31.6 Å². The van der Waals surface area contributed by atoms with Gasteiger partial charge in [-0.1, -0.05) is 37.8 Å². The molecular formula is C26H36N2O2. The molecular weight excluding hydrogens is 372 g/mol. The van der Waals surface area contributed by atoms with Gasteiger partial charge in [0.15, 0.2) is 0 Å². The molecule has 2 aromatic carbocycles. The zero-order valence-corrected chi connectivity index (χ0v) is 18.1. The normalized spacial score (nSPS) is 20.6.